The van der Waals surface area contributed by atoms with Crippen molar-refractivity contribution in [3.05, 3.63) is 30.0 Å². The Morgan fingerprint density at radius 3 is 2.83 bits per heavy atom. The summed E-state index contributed by atoms with van der Waals surface area (Å²) >= 11 is 0. The highest BCUT2D eigenvalue weighted by Crippen LogP contribution is 2.18. The third-order valence-corrected chi connectivity index (χ3v) is 4.64. The van der Waals surface area contributed by atoms with Crippen LogP contribution in [-0.2, 0) is 21.3 Å². The lowest BCUT2D eigenvalue weighted by Crippen LogP contribution is -2.46. The molecular weight excluding hydrogens is 256 g/mol. The van der Waals surface area contributed by atoms with Gasteiger partial charge in [-0.15, -0.1) is 0 Å². The zero-order valence-electron chi connectivity index (χ0n) is 9.50. The van der Waals surface area contributed by atoms with E-state index < -0.39 is 15.3 Å². The molecule has 3 rings (SSSR count). The molecule has 1 aliphatic rings. The average molecular weight is 268 g/mol. The normalized spacial score (nSPS) is 16.9. The van der Waals surface area contributed by atoms with Crippen molar-refractivity contribution in [2.24, 2.45) is 0 Å². The van der Waals surface area contributed by atoms with Crippen molar-refractivity contribution in [2.45, 2.75) is 11.8 Å². The highest BCUT2D eigenvalue weighted by Gasteiger charge is 2.32. The zero-order chi connectivity index (χ0) is 12.6. The lowest BCUT2D eigenvalue weighted by molar-refractivity contribution is 0.0411. The highest BCUT2D eigenvalue weighted by molar-refractivity contribution is 7.90. The van der Waals surface area contributed by atoms with Gasteiger partial charge in [0.25, 0.3) is 0 Å². The van der Waals surface area contributed by atoms with Crippen LogP contribution in [0, 0.1) is 0 Å². The Morgan fingerprint density at radius 2 is 2.11 bits per heavy atom. The van der Waals surface area contributed by atoms with Crippen molar-refractivity contribution in [3.63, 3.8) is 0 Å². The lowest BCUT2D eigenvalue weighted by Gasteiger charge is -2.25. The minimum Gasteiger partial charge on any atom is -0.378 e. The van der Waals surface area contributed by atoms with Crippen molar-refractivity contribution in [1.29, 1.82) is 0 Å². The minimum absolute atomic E-state index is 0.135. The van der Waals surface area contributed by atoms with Crippen LogP contribution in [0.25, 0.3) is 11.0 Å². The number of fused-ring (bicyclic) bond motifs is 1. The molecule has 96 valence electrons. The fourth-order valence-corrected chi connectivity index (χ4v) is 2.87. The van der Waals surface area contributed by atoms with Crippen LogP contribution in [0.2, 0.25) is 0 Å². The van der Waals surface area contributed by atoms with Gasteiger partial charge in [0.15, 0.2) is 5.58 Å². The SMILES string of the molecule is O=S(=O)(NCc1noc2ccccc12)C1COC1. The largest absolute Gasteiger partial charge is 0.378 e. The van der Waals surface area contributed by atoms with Crippen molar-refractivity contribution in [3.8, 4) is 0 Å². The Hall–Kier alpha value is -1.44. The first-order valence-corrected chi connectivity index (χ1v) is 7.11. The summed E-state index contributed by atoms with van der Waals surface area (Å²) in [7, 11) is -3.32. The molecule has 7 heteroatoms. The molecule has 0 atom stereocenters. The molecule has 0 saturated carbocycles. The van der Waals surface area contributed by atoms with Crippen LogP contribution in [0.4, 0.5) is 0 Å². The molecule has 0 amide bonds. The number of para-hydroxylation sites is 1. The topological polar surface area (TPSA) is 81.4 Å². The summed E-state index contributed by atoms with van der Waals surface area (Å²) in [6.07, 6.45) is 0. The van der Waals surface area contributed by atoms with E-state index in [0.29, 0.717) is 11.3 Å². The van der Waals surface area contributed by atoms with E-state index in [1.165, 1.54) is 0 Å². The van der Waals surface area contributed by atoms with Crippen molar-refractivity contribution in [2.75, 3.05) is 13.2 Å². The molecular formula is C11H12N2O4S. The van der Waals surface area contributed by atoms with Crippen molar-refractivity contribution < 1.29 is 17.7 Å². The second-order valence-corrected chi connectivity index (χ2v) is 6.20. The summed E-state index contributed by atoms with van der Waals surface area (Å²) in [4.78, 5) is 0. The summed E-state index contributed by atoms with van der Waals surface area (Å²) in [5, 5.41) is 4.24. The molecule has 1 fully saturated rings. The van der Waals surface area contributed by atoms with E-state index in [1.807, 2.05) is 18.2 Å². The molecule has 0 unspecified atom stereocenters. The fraction of sp³-hybridized carbons (Fsp3) is 0.364. The van der Waals surface area contributed by atoms with E-state index in [0.717, 1.165) is 5.39 Å². The van der Waals surface area contributed by atoms with Gasteiger partial charge in [-0.2, -0.15) is 0 Å². The Labute approximate surface area is 104 Å². The van der Waals surface area contributed by atoms with E-state index >= 15 is 0 Å². The van der Waals surface area contributed by atoms with Crippen LogP contribution in [-0.4, -0.2) is 32.0 Å². The van der Waals surface area contributed by atoms with Gasteiger partial charge in [0.05, 0.1) is 19.8 Å². The molecule has 6 nitrogen and oxygen atoms in total. The maximum absolute atomic E-state index is 11.8. The third-order valence-electron chi connectivity index (χ3n) is 2.94. The van der Waals surface area contributed by atoms with E-state index in [9.17, 15) is 8.42 Å². The number of nitrogens with one attached hydrogen (secondary N) is 1. The van der Waals surface area contributed by atoms with Crippen LogP contribution in [0.3, 0.4) is 0 Å². The van der Waals surface area contributed by atoms with E-state index in [-0.39, 0.29) is 19.8 Å². The molecule has 1 N–H and O–H groups in total. The lowest BCUT2D eigenvalue weighted by atomic mass is 10.2. The molecule has 1 aromatic heterocycles. The number of ether oxygens (including phenoxy) is 1. The fourth-order valence-electron chi connectivity index (χ4n) is 1.75. The van der Waals surface area contributed by atoms with E-state index in [2.05, 4.69) is 9.88 Å². The number of hydrogen-bond donors (Lipinski definition) is 1. The van der Waals surface area contributed by atoms with E-state index in [1.54, 1.807) is 6.07 Å². The highest BCUT2D eigenvalue weighted by atomic mass is 32.2. The Kier molecular flexibility index (Phi) is 2.81. The first-order valence-electron chi connectivity index (χ1n) is 5.56. The van der Waals surface area contributed by atoms with Crippen molar-refractivity contribution in [1.82, 2.24) is 9.88 Å². The van der Waals surface area contributed by atoms with Gasteiger partial charge in [-0.05, 0) is 12.1 Å². The van der Waals surface area contributed by atoms with Gasteiger partial charge in [-0.3, -0.25) is 0 Å². The number of sulfonamides is 1. The van der Waals surface area contributed by atoms with Crippen LogP contribution < -0.4 is 4.72 Å². The van der Waals surface area contributed by atoms with Gasteiger partial charge in [0.2, 0.25) is 10.0 Å². The summed E-state index contributed by atoms with van der Waals surface area (Å²) in [5.41, 5.74) is 1.24. The summed E-state index contributed by atoms with van der Waals surface area (Å²) < 4.78 is 36.1. The Bertz CT molecular complexity index is 660. The standard InChI is InChI=1S/C11H12N2O4S/c14-18(15,8-6-16-7-8)12-5-10-9-3-1-2-4-11(9)17-13-10/h1-4,8,12H,5-7H2. The maximum atomic E-state index is 11.8. The molecule has 0 bridgehead atoms. The van der Waals surface area contributed by atoms with Gasteiger partial charge < -0.3 is 9.26 Å². The molecule has 2 aromatic rings. The minimum atomic E-state index is -3.32. The molecule has 0 spiro atoms. The molecule has 18 heavy (non-hydrogen) atoms. The molecule has 1 aromatic carbocycles. The number of hydrogen-bond acceptors (Lipinski definition) is 5. The maximum Gasteiger partial charge on any atom is 0.219 e. The number of benzene rings is 1. The molecule has 0 aliphatic carbocycles. The number of aromatic nitrogens is 1. The predicted octanol–water partition coefficient (Wildman–Crippen LogP) is 0.646. The molecule has 1 aliphatic heterocycles. The third kappa shape index (κ3) is 2.00. The van der Waals surface area contributed by atoms with Gasteiger partial charge in [0.1, 0.15) is 10.9 Å². The van der Waals surface area contributed by atoms with E-state index in [4.69, 9.17) is 9.26 Å². The number of nitrogens with zero attached hydrogens (tertiary/aromatic N) is 1. The monoisotopic (exact) mass is 268 g/mol. The smallest absolute Gasteiger partial charge is 0.219 e. The Morgan fingerprint density at radius 1 is 1.33 bits per heavy atom. The van der Waals surface area contributed by atoms with Gasteiger partial charge in [-0.1, -0.05) is 17.3 Å². The zero-order valence-corrected chi connectivity index (χ0v) is 10.3. The quantitative estimate of drug-likeness (QED) is 0.880. The van der Waals surface area contributed by atoms with Gasteiger partial charge in [0, 0.05) is 5.39 Å². The molecule has 2 heterocycles. The van der Waals surface area contributed by atoms with Crippen LogP contribution in [0.5, 0.6) is 0 Å². The molecule has 0 radical (unpaired) electrons. The van der Waals surface area contributed by atoms with Gasteiger partial charge >= 0.3 is 0 Å². The Balaban J connectivity index is 1.77. The predicted molar refractivity (Wildman–Crippen MR) is 64.4 cm³/mol. The second-order valence-electron chi connectivity index (χ2n) is 4.15. The first-order chi connectivity index (χ1) is 8.67. The first kappa shape index (κ1) is 11.6. The van der Waals surface area contributed by atoms with Crippen LogP contribution >= 0.6 is 0 Å². The number of rotatable bonds is 4. The van der Waals surface area contributed by atoms with Gasteiger partial charge in [-0.25, -0.2) is 13.1 Å². The molecule has 1 saturated heterocycles. The summed E-state index contributed by atoms with van der Waals surface area (Å²) in [6.45, 7) is 0.652. The second kappa shape index (κ2) is 4.34. The van der Waals surface area contributed by atoms with Crippen molar-refractivity contribution >= 4 is 21.0 Å². The summed E-state index contributed by atoms with van der Waals surface area (Å²) in [6, 6.07) is 7.34. The summed E-state index contributed by atoms with van der Waals surface area (Å²) in [5.74, 6) is 0. The average Bonchev–Trinajstić information content (AvgIpc) is 2.66. The van der Waals surface area contributed by atoms with Crippen LogP contribution in [0.15, 0.2) is 28.8 Å². The van der Waals surface area contributed by atoms with Crippen LogP contribution in [0.1, 0.15) is 5.69 Å².